The SMILES string of the molecule is Cc1ncc(C)n2nc(C=Cc3cc(=O)c4cc(F)ccc4[nH]3)nc12. The van der Waals surface area contributed by atoms with E-state index in [1.54, 1.807) is 28.9 Å². The molecule has 6 nitrogen and oxygen atoms in total. The van der Waals surface area contributed by atoms with Crippen molar-refractivity contribution in [2.24, 2.45) is 0 Å². The molecule has 4 aromatic rings. The van der Waals surface area contributed by atoms with Gasteiger partial charge < -0.3 is 4.98 Å². The largest absolute Gasteiger partial charge is 0.355 e. The molecular weight excluding hydrogens is 321 g/mol. The minimum Gasteiger partial charge on any atom is -0.355 e. The number of nitrogens with one attached hydrogen (secondary N) is 1. The van der Waals surface area contributed by atoms with Crippen molar-refractivity contribution in [2.45, 2.75) is 13.8 Å². The fourth-order valence-corrected chi connectivity index (χ4v) is 2.68. The Labute approximate surface area is 141 Å². The minimum atomic E-state index is -0.436. The number of aromatic amines is 1. The number of hydrogen-bond acceptors (Lipinski definition) is 4. The summed E-state index contributed by atoms with van der Waals surface area (Å²) in [5.74, 6) is 0.0776. The molecule has 3 heterocycles. The highest BCUT2D eigenvalue weighted by atomic mass is 19.1. The van der Waals surface area contributed by atoms with Crippen LogP contribution in [0.5, 0.6) is 0 Å². The molecule has 1 aromatic carbocycles. The summed E-state index contributed by atoms with van der Waals surface area (Å²) in [6.45, 7) is 3.78. The third kappa shape index (κ3) is 2.69. The Morgan fingerprint density at radius 2 is 2.04 bits per heavy atom. The number of hydrogen-bond donors (Lipinski definition) is 1. The third-order valence-electron chi connectivity index (χ3n) is 3.95. The van der Waals surface area contributed by atoms with Crippen LogP contribution >= 0.6 is 0 Å². The smallest absolute Gasteiger partial charge is 0.190 e. The van der Waals surface area contributed by atoms with Crippen LogP contribution in [-0.4, -0.2) is 24.6 Å². The lowest BCUT2D eigenvalue weighted by atomic mass is 10.2. The lowest BCUT2D eigenvalue weighted by Crippen LogP contribution is -2.03. The van der Waals surface area contributed by atoms with Crippen LogP contribution in [0.3, 0.4) is 0 Å². The molecule has 1 N–H and O–H groups in total. The fraction of sp³-hybridized carbons (Fsp3) is 0.111. The van der Waals surface area contributed by atoms with Crippen molar-refractivity contribution >= 4 is 28.7 Å². The zero-order chi connectivity index (χ0) is 17.6. The van der Waals surface area contributed by atoms with Crippen LogP contribution in [0, 0.1) is 19.7 Å². The van der Waals surface area contributed by atoms with Crippen LogP contribution in [0.25, 0.3) is 28.7 Å². The van der Waals surface area contributed by atoms with Gasteiger partial charge in [0.2, 0.25) is 0 Å². The van der Waals surface area contributed by atoms with Gasteiger partial charge in [0.1, 0.15) is 5.82 Å². The first-order valence-electron chi connectivity index (χ1n) is 7.71. The second kappa shape index (κ2) is 5.62. The van der Waals surface area contributed by atoms with Gasteiger partial charge in [0.25, 0.3) is 0 Å². The van der Waals surface area contributed by atoms with Crippen molar-refractivity contribution in [1.82, 2.24) is 24.6 Å². The second-order valence-corrected chi connectivity index (χ2v) is 5.80. The molecule has 0 atom stereocenters. The van der Waals surface area contributed by atoms with Gasteiger partial charge >= 0.3 is 0 Å². The van der Waals surface area contributed by atoms with E-state index >= 15 is 0 Å². The molecule has 0 radical (unpaired) electrons. The van der Waals surface area contributed by atoms with E-state index in [9.17, 15) is 9.18 Å². The van der Waals surface area contributed by atoms with Crippen molar-refractivity contribution in [2.75, 3.05) is 0 Å². The molecule has 0 saturated carbocycles. The van der Waals surface area contributed by atoms with E-state index in [1.807, 2.05) is 13.8 Å². The quantitative estimate of drug-likeness (QED) is 0.611. The predicted octanol–water partition coefficient (Wildman–Crippen LogP) is 2.89. The summed E-state index contributed by atoms with van der Waals surface area (Å²) in [5, 5.41) is 4.74. The highest BCUT2D eigenvalue weighted by Gasteiger charge is 2.07. The number of halogens is 1. The van der Waals surface area contributed by atoms with Gasteiger partial charge in [0, 0.05) is 28.9 Å². The summed E-state index contributed by atoms with van der Waals surface area (Å²) in [7, 11) is 0. The monoisotopic (exact) mass is 335 g/mol. The second-order valence-electron chi connectivity index (χ2n) is 5.80. The lowest BCUT2D eigenvalue weighted by molar-refractivity contribution is 0.629. The fourth-order valence-electron chi connectivity index (χ4n) is 2.68. The number of aromatic nitrogens is 5. The van der Waals surface area contributed by atoms with Gasteiger partial charge in [-0.1, -0.05) is 0 Å². The highest BCUT2D eigenvalue weighted by molar-refractivity contribution is 5.80. The Hall–Kier alpha value is -3.35. The van der Waals surface area contributed by atoms with Crippen molar-refractivity contribution in [3.05, 3.63) is 69.4 Å². The maximum atomic E-state index is 13.3. The molecule has 0 aliphatic rings. The van der Waals surface area contributed by atoms with Crippen LogP contribution in [-0.2, 0) is 0 Å². The average Bonchev–Trinajstić information content (AvgIpc) is 3.03. The molecule has 0 fully saturated rings. The molecular formula is C18H14FN5O. The zero-order valence-electron chi connectivity index (χ0n) is 13.6. The van der Waals surface area contributed by atoms with Crippen molar-refractivity contribution in [3.8, 4) is 0 Å². The molecule has 25 heavy (non-hydrogen) atoms. The van der Waals surface area contributed by atoms with Crippen LogP contribution < -0.4 is 5.43 Å². The molecule has 0 aliphatic carbocycles. The van der Waals surface area contributed by atoms with Gasteiger partial charge in [-0.3, -0.25) is 9.78 Å². The van der Waals surface area contributed by atoms with Gasteiger partial charge in [-0.15, -0.1) is 5.10 Å². The maximum absolute atomic E-state index is 13.3. The van der Waals surface area contributed by atoms with E-state index in [2.05, 4.69) is 20.1 Å². The van der Waals surface area contributed by atoms with Crippen LogP contribution in [0.4, 0.5) is 4.39 Å². The summed E-state index contributed by atoms with van der Waals surface area (Å²) < 4.78 is 15.0. The van der Waals surface area contributed by atoms with Crippen molar-refractivity contribution in [3.63, 3.8) is 0 Å². The first kappa shape index (κ1) is 15.2. The number of H-pyrrole nitrogens is 1. The summed E-state index contributed by atoms with van der Waals surface area (Å²) >= 11 is 0. The lowest BCUT2D eigenvalue weighted by Gasteiger charge is -2.00. The molecule has 0 amide bonds. The van der Waals surface area contributed by atoms with E-state index in [-0.39, 0.29) is 5.43 Å². The van der Waals surface area contributed by atoms with Gasteiger partial charge in [-0.05, 0) is 44.2 Å². The standard InChI is InChI=1S/C18H14FN5O/c1-10-9-20-11(2)18-22-17(23-24(10)18)6-4-13-8-16(25)14-7-12(19)3-5-15(14)21-13/h3-9H,1-2H3,(H,21,25). The third-order valence-corrected chi connectivity index (χ3v) is 3.95. The molecule has 0 saturated heterocycles. The van der Waals surface area contributed by atoms with E-state index < -0.39 is 5.82 Å². The zero-order valence-corrected chi connectivity index (χ0v) is 13.6. The van der Waals surface area contributed by atoms with Crippen molar-refractivity contribution in [1.29, 1.82) is 0 Å². The minimum absolute atomic E-state index is 0.244. The molecule has 124 valence electrons. The molecule has 0 bridgehead atoms. The average molecular weight is 335 g/mol. The Morgan fingerprint density at radius 1 is 1.20 bits per heavy atom. The maximum Gasteiger partial charge on any atom is 0.190 e. The van der Waals surface area contributed by atoms with E-state index in [0.717, 1.165) is 11.4 Å². The Kier molecular flexibility index (Phi) is 3.42. The normalized spacial score (nSPS) is 11.8. The topological polar surface area (TPSA) is 75.9 Å². The van der Waals surface area contributed by atoms with E-state index in [1.165, 1.54) is 18.2 Å². The molecule has 0 spiro atoms. The van der Waals surface area contributed by atoms with Crippen molar-refractivity contribution < 1.29 is 4.39 Å². The number of pyridine rings is 1. The first-order valence-corrected chi connectivity index (χ1v) is 7.71. The molecule has 7 heteroatoms. The Morgan fingerprint density at radius 3 is 2.84 bits per heavy atom. The van der Waals surface area contributed by atoms with Crippen LogP contribution in [0.1, 0.15) is 22.9 Å². The summed E-state index contributed by atoms with van der Waals surface area (Å²) in [4.78, 5) is 23.9. The number of fused-ring (bicyclic) bond motifs is 2. The molecule has 3 aromatic heterocycles. The Bertz CT molecular complexity index is 1170. The number of aryl methyl sites for hydroxylation is 2. The molecule has 4 rings (SSSR count). The van der Waals surface area contributed by atoms with E-state index in [0.29, 0.717) is 28.1 Å². The highest BCUT2D eigenvalue weighted by Crippen LogP contribution is 2.13. The number of benzene rings is 1. The van der Waals surface area contributed by atoms with Crippen LogP contribution in [0.15, 0.2) is 35.3 Å². The van der Waals surface area contributed by atoms with Crippen LogP contribution in [0.2, 0.25) is 0 Å². The first-order chi connectivity index (χ1) is 12.0. The molecule has 0 aliphatic heterocycles. The van der Waals surface area contributed by atoms with Gasteiger partial charge in [0.05, 0.1) is 11.4 Å². The Balaban J connectivity index is 1.76. The summed E-state index contributed by atoms with van der Waals surface area (Å²) in [6.07, 6.45) is 5.17. The van der Waals surface area contributed by atoms with Gasteiger partial charge in [0.15, 0.2) is 16.9 Å². The summed E-state index contributed by atoms with van der Waals surface area (Å²) in [5.41, 5.74) is 3.29. The number of nitrogens with zero attached hydrogens (tertiary/aromatic N) is 4. The number of rotatable bonds is 2. The van der Waals surface area contributed by atoms with Gasteiger partial charge in [-0.2, -0.15) is 0 Å². The van der Waals surface area contributed by atoms with E-state index in [4.69, 9.17) is 0 Å². The summed E-state index contributed by atoms with van der Waals surface area (Å²) in [6, 6.07) is 5.51. The molecule has 0 unspecified atom stereocenters. The predicted molar refractivity (Wildman–Crippen MR) is 93.7 cm³/mol. The van der Waals surface area contributed by atoms with Gasteiger partial charge in [-0.25, -0.2) is 13.9 Å².